The molecule has 0 aliphatic heterocycles. The molecule has 28 heavy (non-hydrogen) atoms. The van der Waals surface area contributed by atoms with Crippen LogP contribution in [0.15, 0.2) is 40.8 Å². The van der Waals surface area contributed by atoms with Crippen molar-refractivity contribution < 1.29 is 22.7 Å². The van der Waals surface area contributed by atoms with Crippen LogP contribution in [0.25, 0.3) is 22.6 Å². The van der Waals surface area contributed by atoms with Crippen LogP contribution in [0.4, 0.5) is 18.9 Å². The van der Waals surface area contributed by atoms with Crippen molar-refractivity contribution in [3.8, 4) is 17.3 Å². The van der Waals surface area contributed by atoms with Crippen molar-refractivity contribution in [1.82, 2.24) is 20.6 Å². The molecule has 0 atom stereocenters. The number of hydrogen-bond donors (Lipinski definition) is 3. The second-order valence-electron chi connectivity index (χ2n) is 5.91. The zero-order valence-electron chi connectivity index (χ0n) is 13.9. The number of nitrogens with zero attached hydrogens (tertiary/aromatic N) is 3. The number of phenols is 1. The van der Waals surface area contributed by atoms with Gasteiger partial charge in [-0.15, -0.1) is 10.2 Å². The fourth-order valence-electron chi connectivity index (χ4n) is 2.68. The van der Waals surface area contributed by atoms with Crippen LogP contribution in [-0.4, -0.2) is 25.7 Å². The number of fused-ring (bicyclic) bond motifs is 1. The smallest absolute Gasteiger partial charge is 0.420 e. The molecule has 0 bridgehead atoms. The highest BCUT2D eigenvalue weighted by Crippen LogP contribution is 2.37. The minimum Gasteiger partial charge on any atom is -0.507 e. The van der Waals surface area contributed by atoms with Gasteiger partial charge in [0.1, 0.15) is 11.3 Å². The lowest BCUT2D eigenvalue weighted by molar-refractivity contribution is -0.138. The summed E-state index contributed by atoms with van der Waals surface area (Å²) in [5, 5.41) is 26.9. The van der Waals surface area contributed by atoms with E-state index in [1.807, 2.05) is 0 Å². The molecule has 0 amide bonds. The Morgan fingerprint density at radius 3 is 2.71 bits per heavy atom. The van der Waals surface area contributed by atoms with E-state index in [1.54, 1.807) is 18.2 Å². The fourth-order valence-corrected chi connectivity index (χ4v) is 2.92. The zero-order valence-corrected chi connectivity index (χ0v) is 14.6. The Morgan fingerprint density at radius 1 is 1.18 bits per heavy atom. The number of anilines is 1. The SMILES string of the molecule is Oc1ccc(NCc2cc3oc(-c4nn[nH]n4)cc3cc2Cl)cc1C(F)(F)F. The molecule has 0 unspecified atom stereocenters. The molecule has 4 aromatic rings. The van der Waals surface area contributed by atoms with E-state index < -0.39 is 17.5 Å². The van der Waals surface area contributed by atoms with E-state index >= 15 is 0 Å². The Morgan fingerprint density at radius 2 is 2.00 bits per heavy atom. The van der Waals surface area contributed by atoms with Crippen molar-refractivity contribution in [3.63, 3.8) is 0 Å². The fraction of sp³-hybridized carbons (Fsp3) is 0.118. The van der Waals surface area contributed by atoms with E-state index in [1.165, 1.54) is 6.07 Å². The van der Waals surface area contributed by atoms with Gasteiger partial charge in [-0.05, 0) is 47.2 Å². The predicted molar refractivity (Wildman–Crippen MR) is 94.8 cm³/mol. The van der Waals surface area contributed by atoms with Crippen molar-refractivity contribution >= 4 is 28.3 Å². The minimum atomic E-state index is -4.65. The lowest BCUT2D eigenvalue weighted by Crippen LogP contribution is -2.07. The van der Waals surface area contributed by atoms with E-state index in [2.05, 4.69) is 25.9 Å². The number of nitrogens with one attached hydrogen (secondary N) is 2. The van der Waals surface area contributed by atoms with Crippen LogP contribution in [-0.2, 0) is 12.7 Å². The summed E-state index contributed by atoms with van der Waals surface area (Å²) in [5.41, 5.74) is 0.204. The van der Waals surface area contributed by atoms with Gasteiger partial charge in [0.15, 0.2) is 5.76 Å². The van der Waals surface area contributed by atoms with Crippen molar-refractivity contribution in [2.45, 2.75) is 12.7 Å². The van der Waals surface area contributed by atoms with Crippen LogP contribution in [0.2, 0.25) is 5.02 Å². The second kappa shape index (κ2) is 6.71. The molecular weight excluding hydrogens is 399 g/mol. The summed E-state index contributed by atoms with van der Waals surface area (Å²) < 4.78 is 44.4. The van der Waals surface area contributed by atoms with E-state index in [-0.39, 0.29) is 18.1 Å². The van der Waals surface area contributed by atoms with Crippen LogP contribution in [0.1, 0.15) is 11.1 Å². The van der Waals surface area contributed by atoms with E-state index in [0.29, 0.717) is 21.9 Å². The van der Waals surface area contributed by atoms with Crippen molar-refractivity contribution in [1.29, 1.82) is 0 Å². The summed E-state index contributed by atoms with van der Waals surface area (Å²) in [4.78, 5) is 0. The summed E-state index contributed by atoms with van der Waals surface area (Å²) in [6, 6.07) is 8.23. The maximum absolute atomic E-state index is 12.9. The number of aromatic hydroxyl groups is 1. The second-order valence-corrected chi connectivity index (χ2v) is 6.32. The number of aromatic nitrogens is 4. The first kappa shape index (κ1) is 18.1. The molecule has 0 saturated carbocycles. The van der Waals surface area contributed by atoms with Crippen molar-refractivity contribution in [2.24, 2.45) is 0 Å². The topological polar surface area (TPSA) is 99.9 Å². The molecular formula is C17H11ClF3N5O2. The highest BCUT2D eigenvalue weighted by atomic mass is 35.5. The number of alkyl halides is 3. The maximum atomic E-state index is 12.9. The quantitative estimate of drug-likeness (QED) is 0.426. The Balaban J connectivity index is 1.59. The monoisotopic (exact) mass is 409 g/mol. The average molecular weight is 410 g/mol. The van der Waals surface area contributed by atoms with Gasteiger partial charge >= 0.3 is 6.18 Å². The molecule has 0 aliphatic carbocycles. The Bertz CT molecular complexity index is 1140. The van der Waals surface area contributed by atoms with Gasteiger partial charge in [0.05, 0.1) is 5.56 Å². The number of hydrogen-bond acceptors (Lipinski definition) is 6. The largest absolute Gasteiger partial charge is 0.507 e. The molecule has 4 rings (SSSR count). The van der Waals surface area contributed by atoms with E-state index in [9.17, 15) is 18.3 Å². The van der Waals surface area contributed by atoms with Crippen molar-refractivity contribution in [3.05, 3.63) is 52.5 Å². The average Bonchev–Trinajstić information content (AvgIpc) is 3.29. The summed E-state index contributed by atoms with van der Waals surface area (Å²) in [6.07, 6.45) is -4.65. The third-order valence-electron chi connectivity index (χ3n) is 4.04. The number of rotatable bonds is 4. The maximum Gasteiger partial charge on any atom is 0.420 e. The lowest BCUT2D eigenvalue weighted by atomic mass is 10.1. The number of tetrazole rings is 1. The number of halogens is 4. The highest BCUT2D eigenvalue weighted by Gasteiger charge is 2.34. The first-order valence-corrected chi connectivity index (χ1v) is 8.29. The summed E-state index contributed by atoms with van der Waals surface area (Å²) in [7, 11) is 0. The summed E-state index contributed by atoms with van der Waals surface area (Å²) in [5.74, 6) is -0.142. The molecule has 3 N–H and O–H groups in total. The van der Waals surface area contributed by atoms with Crippen LogP contribution in [0.3, 0.4) is 0 Å². The van der Waals surface area contributed by atoms with E-state index in [0.717, 1.165) is 17.5 Å². The standard InChI is InChI=1S/C17H11ClF3N5O2/c18-12-3-8-4-15(16-23-25-26-24-16)28-14(8)5-9(12)7-22-10-1-2-13(27)11(6-10)17(19,20)21/h1-6,22,27H,7H2,(H,23,24,25,26). The van der Waals surface area contributed by atoms with Gasteiger partial charge in [0.25, 0.3) is 0 Å². The molecule has 144 valence electrons. The molecule has 2 aromatic heterocycles. The molecule has 0 aliphatic rings. The van der Waals surface area contributed by atoms with Crippen LogP contribution < -0.4 is 5.32 Å². The minimum absolute atomic E-state index is 0.148. The van der Waals surface area contributed by atoms with Gasteiger partial charge in [-0.3, -0.25) is 0 Å². The third-order valence-corrected chi connectivity index (χ3v) is 4.39. The molecule has 0 radical (unpaired) electrons. The third kappa shape index (κ3) is 3.46. The van der Waals surface area contributed by atoms with Gasteiger partial charge in [0.2, 0.25) is 5.82 Å². The number of furan rings is 1. The molecule has 7 nitrogen and oxygen atoms in total. The van der Waals surface area contributed by atoms with Gasteiger partial charge in [-0.1, -0.05) is 11.6 Å². The predicted octanol–water partition coefficient (Wildman–Crippen LogP) is 4.60. The number of benzene rings is 2. The number of H-pyrrole nitrogens is 1. The summed E-state index contributed by atoms with van der Waals surface area (Å²) in [6.45, 7) is 0.148. The molecule has 0 spiro atoms. The first-order valence-electron chi connectivity index (χ1n) is 7.91. The van der Waals surface area contributed by atoms with Crippen LogP contribution >= 0.6 is 11.6 Å². The molecule has 0 fully saturated rings. The number of aromatic amines is 1. The van der Waals surface area contributed by atoms with Gasteiger partial charge in [0, 0.05) is 22.6 Å². The molecule has 11 heteroatoms. The molecule has 2 aromatic carbocycles. The number of phenolic OH excluding ortho intramolecular Hbond substituents is 1. The Labute approximate surface area is 160 Å². The van der Waals surface area contributed by atoms with Crippen LogP contribution in [0.5, 0.6) is 5.75 Å². The molecule has 0 saturated heterocycles. The van der Waals surface area contributed by atoms with Gasteiger partial charge < -0.3 is 14.8 Å². The van der Waals surface area contributed by atoms with Gasteiger partial charge in [-0.25, -0.2) is 0 Å². The normalized spacial score (nSPS) is 11.9. The summed E-state index contributed by atoms with van der Waals surface area (Å²) >= 11 is 6.28. The van der Waals surface area contributed by atoms with Crippen LogP contribution in [0, 0.1) is 0 Å². The first-order chi connectivity index (χ1) is 13.3. The zero-order chi connectivity index (χ0) is 19.9. The van der Waals surface area contributed by atoms with Crippen molar-refractivity contribution in [2.75, 3.05) is 5.32 Å². The van der Waals surface area contributed by atoms with Gasteiger partial charge in [-0.2, -0.15) is 18.4 Å². The highest BCUT2D eigenvalue weighted by molar-refractivity contribution is 6.32. The lowest BCUT2D eigenvalue weighted by Gasteiger charge is -2.13. The Hall–Kier alpha value is -3.27. The molecule has 2 heterocycles. The Kier molecular flexibility index (Phi) is 4.34. The van der Waals surface area contributed by atoms with E-state index in [4.69, 9.17) is 16.0 Å².